The minimum absolute atomic E-state index is 0.00516. The van der Waals surface area contributed by atoms with Crippen molar-refractivity contribution in [3.63, 3.8) is 0 Å². The molecule has 1 atom stereocenters. The summed E-state index contributed by atoms with van der Waals surface area (Å²) in [5.74, 6) is -1.65. The van der Waals surface area contributed by atoms with Crippen LogP contribution in [0, 0.1) is 15.9 Å². The van der Waals surface area contributed by atoms with Crippen LogP contribution < -0.4 is 5.32 Å². The van der Waals surface area contributed by atoms with Crippen LogP contribution in [0.2, 0.25) is 10.0 Å². The fourth-order valence-electron chi connectivity index (χ4n) is 3.62. The molecule has 0 aliphatic carbocycles. The maximum atomic E-state index is 13.6. The van der Waals surface area contributed by atoms with Gasteiger partial charge in [-0.25, -0.2) is 4.39 Å². The highest BCUT2D eigenvalue weighted by Crippen LogP contribution is 2.38. The van der Waals surface area contributed by atoms with E-state index in [1.807, 2.05) is 0 Å². The Morgan fingerprint density at radius 1 is 1.09 bits per heavy atom. The molecule has 3 aromatic carbocycles. The second kappa shape index (κ2) is 8.57. The number of fused-ring (bicyclic) bond motifs is 1. The van der Waals surface area contributed by atoms with Gasteiger partial charge in [-0.15, -0.1) is 0 Å². The molecule has 7 nitrogen and oxygen atoms in total. The van der Waals surface area contributed by atoms with Crippen LogP contribution in [0.1, 0.15) is 27.5 Å². The standard InChI is InChI=1S/C22H14Cl2FN3O4/c23-13-3-8-19-17(9-13)21(12-1-4-14(25)5-2-12)27(11-20(29)26-19)22(30)16-10-15(28(31)32)6-7-18(16)24/h1-10,21H,11H2,(H,26,29)/t21-/m1/s1. The Bertz CT molecular complexity index is 1250. The van der Waals surface area contributed by atoms with Crippen LogP contribution in [-0.2, 0) is 4.79 Å². The van der Waals surface area contributed by atoms with Gasteiger partial charge >= 0.3 is 0 Å². The van der Waals surface area contributed by atoms with Gasteiger partial charge in [0.25, 0.3) is 11.6 Å². The molecule has 0 saturated carbocycles. The van der Waals surface area contributed by atoms with Crippen molar-refractivity contribution in [2.24, 2.45) is 0 Å². The third kappa shape index (κ3) is 4.15. The lowest BCUT2D eigenvalue weighted by molar-refractivity contribution is -0.384. The van der Waals surface area contributed by atoms with E-state index in [2.05, 4.69) is 5.32 Å². The Labute approximate surface area is 191 Å². The van der Waals surface area contributed by atoms with E-state index in [0.717, 1.165) is 6.07 Å². The highest BCUT2D eigenvalue weighted by atomic mass is 35.5. The first-order valence-corrected chi connectivity index (χ1v) is 10.1. The molecule has 32 heavy (non-hydrogen) atoms. The third-order valence-corrected chi connectivity index (χ3v) is 5.61. The topological polar surface area (TPSA) is 92.5 Å². The summed E-state index contributed by atoms with van der Waals surface area (Å²) < 4.78 is 13.6. The zero-order chi connectivity index (χ0) is 23.0. The van der Waals surface area contributed by atoms with E-state index in [-0.39, 0.29) is 22.8 Å². The van der Waals surface area contributed by atoms with Gasteiger partial charge < -0.3 is 10.2 Å². The first kappa shape index (κ1) is 21.7. The quantitative estimate of drug-likeness (QED) is 0.416. The van der Waals surface area contributed by atoms with Gasteiger partial charge in [0.2, 0.25) is 5.91 Å². The molecule has 1 heterocycles. The number of halogens is 3. The van der Waals surface area contributed by atoms with Crippen molar-refractivity contribution in [2.45, 2.75) is 6.04 Å². The van der Waals surface area contributed by atoms with Crippen molar-refractivity contribution in [1.82, 2.24) is 4.90 Å². The molecule has 0 bridgehead atoms. The lowest BCUT2D eigenvalue weighted by Gasteiger charge is -2.31. The molecule has 10 heteroatoms. The number of nitrogens with zero attached hydrogens (tertiary/aromatic N) is 2. The van der Waals surface area contributed by atoms with Crippen molar-refractivity contribution in [1.29, 1.82) is 0 Å². The number of nitrogens with one attached hydrogen (secondary N) is 1. The Hall–Kier alpha value is -3.49. The van der Waals surface area contributed by atoms with Crippen molar-refractivity contribution in [3.05, 3.63) is 103 Å². The minimum atomic E-state index is -0.842. The largest absolute Gasteiger partial charge is 0.324 e. The molecule has 4 rings (SSSR count). The van der Waals surface area contributed by atoms with E-state index in [0.29, 0.717) is 21.8 Å². The number of nitro benzene ring substituents is 1. The SMILES string of the molecule is O=C1CN(C(=O)c2cc([N+](=O)[O-])ccc2Cl)[C@H](c2ccc(F)cc2)c2cc(Cl)ccc2N1. The molecule has 1 N–H and O–H groups in total. The third-order valence-electron chi connectivity index (χ3n) is 5.05. The van der Waals surface area contributed by atoms with Gasteiger partial charge in [-0.3, -0.25) is 19.7 Å². The van der Waals surface area contributed by atoms with E-state index in [9.17, 15) is 24.1 Å². The summed E-state index contributed by atoms with van der Waals surface area (Å²) in [5, 5.41) is 14.3. The number of benzene rings is 3. The van der Waals surface area contributed by atoms with E-state index in [1.54, 1.807) is 18.2 Å². The van der Waals surface area contributed by atoms with Crippen LogP contribution in [-0.4, -0.2) is 28.2 Å². The molecule has 0 radical (unpaired) electrons. The zero-order valence-electron chi connectivity index (χ0n) is 16.2. The number of nitro groups is 1. The molecule has 0 spiro atoms. The Balaban J connectivity index is 1.91. The predicted molar refractivity (Wildman–Crippen MR) is 117 cm³/mol. The van der Waals surface area contributed by atoms with Crippen molar-refractivity contribution >= 4 is 46.4 Å². The van der Waals surface area contributed by atoms with Gasteiger partial charge in [0, 0.05) is 28.4 Å². The minimum Gasteiger partial charge on any atom is -0.324 e. The van der Waals surface area contributed by atoms with E-state index >= 15 is 0 Å². The second-order valence-electron chi connectivity index (χ2n) is 7.09. The van der Waals surface area contributed by atoms with Gasteiger partial charge in [-0.05, 0) is 42.0 Å². The number of hydrogen-bond acceptors (Lipinski definition) is 4. The van der Waals surface area contributed by atoms with E-state index in [1.165, 1.54) is 41.3 Å². The summed E-state index contributed by atoms with van der Waals surface area (Å²) in [6.07, 6.45) is 0. The number of carbonyl (C=O) groups is 2. The molecule has 3 aromatic rings. The summed E-state index contributed by atoms with van der Waals surface area (Å²) in [5.41, 5.74) is 1.01. The molecule has 1 aliphatic heterocycles. The van der Waals surface area contributed by atoms with Crippen LogP contribution >= 0.6 is 23.2 Å². The molecular formula is C22H14Cl2FN3O4. The van der Waals surface area contributed by atoms with Crippen LogP contribution in [0.25, 0.3) is 0 Å². The van der Waals surface area contributed by atoms with Crippen LogP contribution in [0.4, 0.5) is 15.8 Å². The van der Waals surface area contributed by atoms with Gasteiger partial charge in [0.05, 0.1) is 21.6 Å². The molecular weight excluding hydrogens is 460 g/mol. The number of carbonyl (C=O) groups excluding carboxylic acids is 2. The summed E-state index contributed by atoms with van der Waals surface area (Å²) in [7, 11) is 0. The van der Waals surface area contributed by atoms with Crippen LogP contribution in [0.3, 0.4) is 0 Å². The Morgan fingerprint density at radius 3 is 2.50 bits per heavy atom. The molecule has 0 unspecified atom stereocenters. The van der Waals surface area contributed by atoms with E-state index < -0.39 is 28.6 Å². The fraction of sp³-hybridized carbons (Fsp3) is 0.0909. The summed E-state index contributed by atoms with van der Waals surface area (Å²) in [6.45, 7) is -0.369. The number of anilines is 1. The Morgan fingerprint density at radius 2 is 1.81 bits per heavy atom. The summed E-state index contributed by atoms with van der Waals surface area (Å²) in [4.78, 5) is 38.0. The number of amides is 2. The molecule has 2 amide bonds. The lowest BCUT2D eigenvalue weighted by Crippen LogP contribution is -2.39. The van der Waals surface area contributed by atoms with Crippen molar-refractivity contribution in [3.8, 4) is 0 Å². The highest BCUT2D eigenvalue weighted by molar-refractivity contribution is 6.34. The monoisotopic (exact) mass is 473 g/mol. The molecule has 0 saturated heterocycles. The normalized spacial score (nSPS) is 15.5. The second-order valence-corrected chi connectivity index (χ2v) is 7.93. The smallest absolute Gasteiger partial charge is 0.270 e. The number of hydrogen-bond donors (Lipinski definition) is 1. The Kier molecular flexibility index (Phi) is 5.82. The number of non-ortho nitro benzene ring substituents is 1. The average molecular weight is 474 g/mol. The van der Waals surface area contributed by atoms with Crippen molar-refractivity contribution < 1.29 is 18.9 Å². The van der Waals surface area contributed by atoms with E-state index in [4.69, 9.17) is 23.2 Å². The predicted octanol–water partition coefficient (Wildman–Crippen LogP) is 5.22. The maximum absolute atomic E-state index is 13.6. The highest BCUT2D eigenvalue weighted by Gasteiger charge is 2.35. The van der Waals surface area contributed by atoms with Crippen LogP contribution in [0.15, 0.2) is 60.7 Å². The van der Waals surface area contributed by atoms with Gasteiger partial charge in [0.15, 0.2) is 0 Å². The van der Waals surface area contributed by atoms with Gasteiger partial charge in [0.1, 0.15) is 12.4 Å². The molecule has 162 valence electrons. The summed E-state index contributed by atoms with van der Waals surface area (Å²) >= 11 is 12.4. The number of rotatable bonds is 3. The lowest BCUT2D eigenvalue weighted by atomic mass is 9.95. The van der Waals surface area contributed by atoms with Crippen LogP contribution in [0.5, 0.6) is 0 Å². The van der Waals surface area contributed by atoms with Crippen molar-refractivity contribution in [2.75, 3.05) is 11.9 Å². The average Bonchev–Trinajstić information content (AvgIpc) is 2.89. The molecule has 1 aliphatic rings. The summed E-state index contributed by atoms with van der Waals surface area (Å²) in [6, 6.07) is 12.9. The molecule has 0 fully saturated rings. The first-order valence-electron chi connectivity index (χ1n) is 9.34. The van der Waals surface area contributed by atoms with Gasteiger partial charge in [-0.1, -0.05) is 35.3 Å². The molecule has 0 aromatic heterocycles. The zero-order valence-corrected chi connectivity index (χ0v) is 17.7. The van der Waals surface area contributed by atoms with Gasteiger partial charge in [-0.2, -0.15) is 0 Å². The fourth-order valence-corrected chi connectivity index (χ4v) is 4.00. The maximum Gasteiger partial charge on any atom is 0.270 e. The first-order chi connectivity index (χ1) is 15.2.